The number of aromatic nitrogens is 1. The average molecular weight is 1280 g/mol. The van der Waals surface area contributed by atoms with Crippen molar-refractivity contribution in [2.24, 2.45) is 9.98 Å². The van der Waals surface area contributed by atoms with E-state index in [-0.39, 0.29) is 122 Å². The van der Waals surface area contributed by atoms with Crippen molar-refractivity contribution in [3.05, 3.63) is 238 Å². The van der Waals surface area contributed by atoms with Crippen LogP contribution in [0.2, 0.25) is 0 Å². The van der Waals surface area contributed by atoms with Gasteiger partial charge in [-0.05, 0) is 115 Å². The summed E-state index contributed by atoms with van der Waals surface area (Å²) in [6.45, 7) is 37.6. The molecule has 0 saturated carbocycles. The minimum Gasteiger partial charge on any atom is -0.525 e. The van der Waals surface area contributed by atoms with Crippen molar-refractivity contribution >= 4 is 22.6 Å². The number of ether oxygens (including phenoxy) is 4. The molecule has 0 saturated heterocycles. The third kappa shape index (κ3) is 22.9. The van der Waals surface area contributed by atoms with Crippen LogP contribution in [0.3, 0.4) is 0 Å². The van der Waals surface area contributed by atoms with Crippen LogP contribution in [-0.2, 0) is 103 Å². The van der Waals surface area contributed by atoms with Gasteiger partial charge in [0.15, 0.2) is 0 Å². The molecule has 78 heavy (non-hydrogen) atoms. The van der Waals surface area contributed by atoms with Gasteiger partial charge in [0, 0.05) is 146 Å². The zero-order valence-corrected chi connectivity index (χ0v) is 56.9. The SMILES string of the molecule is CCC.CCC.COC.[CH2-]CC.[CH2-]CC.[CH2-]CC.[CH2-]COc1ccc(/C2=C3\C=CC(N3)C(c3ccc(OC[CH2-])cc3)c3ccc([nH]3)C(c3ccccc3)=C3C=CC(=N3)C(c3ccc(OC[CH2-])cc3)C3C=CC2=N3)cc1.[Y].[Y].[Y]. The number of nitrogens with zero attached hydrogens (tertiary/aromatic N) is 2. The molecule has 8 bridgehead atoms. The minimum atomic E-state index is -0.218. The monoisotopic (exact) mass is 1280 g/mol. The van der Waals surface area contributed by atoms with Gasteiger partial charge in [-0.1, -0.05) is 140 Å². The van der Waals surface area contributed by atoms with Crippen LogP contribution in [0.5, 0.6) is 17.2 Å². The molecule has 0 spiro atoms. The van der Waals surface area contributed by atoms with E-state index in [1.165, 1.54) is 12.8 Å². The number of nitrogens with one attached hydrogen (secondary N) is 2. The van der Waals surface area contributed by atoms with Crippen molar-refractivity contribution in [2.75, 3.05) is 34.0 Å². The van der Waals surface area contributed by atoms with Gasteiger partial charge in [-0.3, -0.25) is 9.98 Å². The van der Waals surface area contributed by atoms with Crippen molar-refractivity contribution in [3.63, 3.8) is 0 Å². The Morgan fingerprint density at radius 1 is 0.500 bits per heavy atom. The van der Waals surface area contributed by atoms with Crippen LogP contribution in [0.4, 0.5) is 0 Å². The molecular formula is C67H86N4O4Y3-6. The van der Waals surface area contributed by atoms with Crippen LogP contribution in [0.15, 0.2) is 173 Å². The molecule has 1 aromatic heterocycles. The van der Waals surface area contributed by atoms with Gasteiger partial charge in [0.1, 0.15) is 17.2 Å². The fourth-order valence-corrected chi connectivity index (χ4v) is 8.25. The van der Waals surface area contributed by atoms with E-state index in [0.717, 1.165) is 104 Å². The molecular weight excluding hydrogens is 1190 g/mol. The Morgan fingerprint density at radius 2 is 0.949 bits per heavy atom. The molecule has 4 aliphatic rings. The second-order valence-electron chi connectivity index (χ2n) is 17.5. The molecule has 5 aromatic rings. The number of aliphatic imine (C=N–C) groups is 2. The number of H-pyrrole nitrogens is 1. The van der Waals surface area contributed by atoms with Gasteiger partial charge in [-0.2, -0.15) is 19.3 Å². The molecule has 4 atom stereocenters. The number of fused-ring (bicyclic) bond motifs is 6. The Hall–Kier alpha value is -3.33. The van der Waals surface area contributed by atoms with Gasteiger partial charge in [0.2, 0.25) is 0 Å². The van der Waals surface area contributed by atoms with Gasteiger partial charge >= 0.3 is 0 Å². The zero-order chi connectivity index (χ0) is 55.0. The van der Waals surface area contributed by atoms with Crippen molar-refractivity contribution in [1.29, 1.82) is 0 Å². The van der Waals surface area contributed by atoms with E-state index in [4.69, 9.17) is 24.2 Å². The number of methoxy groups -OCH3 is 1. The fraction of sp³-hybridized carbons (Fsp3) is 0.313. The van der Waals surface area contributed by atoms with Crippen LogP contribution >= 0.6 is 0 Å². The molecule has 0 aliphatic carbocycles. The third-order valence-corrected chi connectivity index (χ3v) is 10.8. The van der Waals surface area contributed by atoms with Gasteiger partial charge < -0.3 is 70.8 Å². The predicted octanol–water partition coefficient (Wildman–Crippen LogP) is 16.5. The molecule has 0 amide bonds. The van der Waals surface area contributed by atoms with Crippen LogP contribution in [-0.4, -0.2) is 62.5 Å². The molecule has 8 nitrogen and oxygen atoms in total. The normalized spacial score (nSPS) is 17.5. The number of allylic oxidation sites excluding steroid dienone is 5. The van der Waals surface area contributed by atoms with Gasteiger partial charge in [0.05, 0.1) is 35.1 Å². The number of aromatic amines is 1. The quantitative estimate of drug-likeness (QED) is 0.136. The number of rotatable bonds is 10. The second kappa shape index (κ2) is 43.4. The number of hydrogen-bond donors (Lipinski definition) is 2. The Bertz CT molecular complexity index is 2580. The van der Waals surface area contributed by atoms with Crippen molar-refractivity contribution in [3.8, 4) is 17.2 Å². The average Bonchev–Trinajstić information content (AvgIpc) is 4.27. The standard InChI is InChI=1S/C50H43N4O3.2C3H8.3C3H7.C2H6O.3Y/c1-4-55-36-18-12-33(13-19-36)48-41-26-24-39(51-41)47(32-10-8-7-9-11-32)40-25-27-42(52-40)49(34-14-20-37(21-15-34)56-5-2)44-29-31-46(54-44)50(45-30-28-43(48)53-45)35-16-22-38(23-17-35)57-6-3;6*1-3-2;;;/h7-31,43-44,48-49,51,53H,1-6H2;2*3H2,1-2H3;3*1,3H2,2H3;1-2H3;;;/q-3;;;3*-1;;;;/b47-40?,50-45-;;;;;;;;;. The summed E-state index contributed by atoms with van der Waals surface area (Å²) in [5, 5.41) is 3.95. The van der Waals surface area contributed by atoms with E-state index < -0.39 is 0 Å². The Labute approximate surface area is 548 Å². The number of hydrogen-bond acceptors (Lipinski definition) is 7. The Balaban J connectivity index is 0.00000251. The summed E-state index contributed by atoms with van der Waals surface area (Å²) >= 11 is 0. The minimum absolute atomic E-state index is 0. The van der Waals surface area contributed by atoms with Gasteiger partial charge in [-0.15, -0.1) is 0 Å². The summed E-state index contributed by atoms with van der Waals surface area (Å²) in [5.41, 5.74) is 12.2. The van der Waals surface area contributed by atoms with E-state index >= 15 is 0 Å². The van der Waals surface area contributed by atoms with Gasteiger partial charge in [-0.25, -0.2) is 0 Å². The van der Waals surface area contributed by atoms with Crippen molar-refractivity contribution in [1.82, 2.24) is 10.3 Å². The summed E-state index contributed by atoms with van der Waals surface area (Å²) in [7, 11) is 3.25. The molecule has 0 fully saturated rings. The summed E-state index contributed by atoms with van der Waals surface area (Å²) in [6, 6.07) is 39.3. The molecule has 2 N–H and O–H groups in total. The summed E-state index contributed by atoms with van der Waals surface area (Å²) in [4.78, 5) is 14.8. The molecule has 5 heterocycles. The Kier molecular flexibility index (Phi) is 41.6. The molecule has 4 unspecified atom stereocenters. The third-order valence-electron chi connectivity index (χ3n) is 10.8. The summed E-state index contributed by atoms with van der Waals surface area (Å²) < 4.78 is 21.4. The van der Waals surface area contributed by atoms with Crippen molar-refractivity contribution < 1.29 is 117 Å². The molecule has 4 aromatic carbocycles. The van der Waals surface area contributed by atoms with Crippen molar-refractivity contribution in [2.45, 2.75) is 104 Å². The molecule has 413 valence electrons. The maximum absolute atomic E-state index is 5.73. The molecule has 9 rings (SSSR count). The van der Waals surface area contributed by atoms with E-state index in [0.29, 0.717) is 19.8 Å². The van der Waals surface area contributed by atoms with Crippen LogP contribution in [0.25, 0.3) is 11.1 Å². The first-order chi connectivity index (χ1) is 36.6. The topological polar surface area (TPSA) is 89.5 Å². The first kappa shape index (κ1) is 74.7. The first-order valence-electron chi connectivity index (χ1n) is 26.6. The smallest absolute Gasteiger partial charge is 0.115 e. The Morgan fingerprint density at radius 3 is 1.42 bits per heavy atom. The van der Waals surface area contributed by atoms with E-state index in [9.17, 15) is 0 Å². The summed E-state index contributed by atoms with van der Waals surface area (Å²) in [6.07, 6.45) is 18.6. The maximum atomic E-state index is 5.73. The van der Waals surface area contributed by atoms with Crippen LogP contribution in [0, 0.1) is 41.5 Å². The molecule has 3 radical (unpaired) electrons. The van der Waals surface area contributed by atoms with Crippen LogP contribution < -0.4 is 19.5 Å². The van der Waals surface area contributed by atoms with Crippen LogP contribution in [0.1, 0.15) is 126 Å². The van der Waals surface area contributed by atoms with Gasteiger partial charge in [0.25, 0.3) is 0 Å². The van der Waals surface area contributed by atoms with E-state index in [1.54, 1.807) is 14.2 Å². The zero-order valence-electron chi connectivity index (χ0n) is 48.4. The predicted molar refractivity (Wildman–Crippen MR) is 321 cm³/mol. The fourth-order valence-electron chi connectivity index (χ4n) is 8.25. The van der Waals surface area contributed by atoms with E-state index in [2.05, 4.69) is 194 Å². The summed E-state index contributed by atoms with van der Waals surface area (Å²) in [5.74, 6) is 2.10. The first-order valence-corrected chi connectivity index (χ1v) is 26.6. The molecule has 11 heteroatoms. The maximum Gasteiger partial charge on any atom is 0.115 e. The molecule has 4 aliphatic heterocycles. The largest absolute Gasteiger partial charge is 0.525 e. The number of benzene rings is 4. The second-order valence-corrected chi connectivity index (χ2v) is 17.5. The van der Waals surface area contributed by atoms with E-state index in [1.807, 2.05) is 63.2 Å².